The smallest absolute Gasteiger partial charge is 0.0193 e. The summed E-state index contributed by atoms with van der Waals surface area (Å²) < 4.78 is 0. The van der Waals surface area contributed by atoms with Crippen LogP contribution in [0.15, 0.2) is 0 Å². The molecule has 0 saturated carbocycles. The topological polar surface area (TPSA) is 29.3 Å². The van der Waals surface area contributed by atoms with E-state index in [-0.39, 0.29) is 0 Å². The number of hydrogen-bond acceptors (Lipinski definition) is 2. The first-order chi connectivity index (χ1) is 6.56. The fourth-order valence-electron chi connectivity index (χ4n) is 1.88. The Bertz CT molecular complexity index is 132. The van der Waals surface area contributed by atoms with Gasteiger partial charge in [0.1, 0.15) is 0 Å². The Morgan fingerprint density at radius 2 is 1.57 bits per heavy atom. The zero-order valence-corrected chi connectivity index (χ0v) is 10.6. The van der Waals surface area contributed by atoms with Gasteiger partial charge in [0.2, 0.25) is 0 Å². The SMILES string of the molecule is CCC(C)C(N)CN(C)C(CC)CC. The minimum atomic E-state index is 0.325. The van der Waals surface area contributed by atoms with Crippen LogP contribution in [0, 0.1) is 5.92 Å². The van der Waals surface area contributed by atoms with Gasteiger partial charge >= 0.3 is 0 Å². The second kappa shape index (κ2) is 7.24. The largest absolute Gasteiger partial charge is 0.326 e. The first-order valence-electron chi connectivity index (χ1n) is 6.02. The molecule has 0 aromatic carbocycles. The van der Waals surface area contributed by atoms with Gasteiger partial charge in [-0.2, -0.15) is 0 Å². The Morgan fingerprint density at radius 3 is 1.93 bits per heavy atom. The van der Waals surface area contributed by atoms with Crippen molar-refractivity contribution in [2.75, 3.05) is 13.6 Å². The average Bonchev–Trinajstić information content (AvgIpc) is 2.18. The molecule has 2 N–H and O–H groups in total. The highest BCUT2D eigenvalue weighted by Crippen LogP contribution is 2.11. The molecule has 2 nitrogen and oxygen atoms in total. The van der Waals surface area contributed by atoms with Gasteiger partial charge in [0.15, 0.2) is 0 Å². The van der Waals surface area contributed by atoms with Crippen LogP contribution in [0.2, 0.25) is 0 Å². The predicted molar refractivity (Wildman–Crippen MR) is 64.4 cm³/mol. The van der Waals surface area contributed by atoms with Gasteiger partial charge in [0.05, 0.1) is 0 Å². The van der Waals surface area contributed by atoms with Crippen LogP contribution in [-0.4, -0.2) is 30.6 Å². The molecule has 2 unspecified atom stereocenters. The van der Waals surface area contributed by atoms with E-state index >= 15 is 0 Å². The molecule has 0 bridgehead atoms. The van der Waals surface area contributed by atoms with Gasteiger partial charge < -0.3 is 10.6 Å². The van der Waals surface area contributed by atoms with Gasteiger partial charge in [-0.25, -0.2) is 0 Å². The third kappa shape index (κ3) is 4.43. The van der Waals surface area contributed by atoms with Gasteiger partial charge in [-0.1, -0.05) is 34.1 Å². The molecule has 0 aliphatic rings. The van der Waals surface area contributed by atoms with E-state index in [0.29, 0.717) is 18.0 Å². The molecule has 0 amide bonds. The second-order valence-electron chi connectivity index (χ2n) is 4.46. The van der Waals surface area contributed by atoms with Crippen molar-refractivity contribution in [1.29, 1.82) is 0 Å². The van der Waals surface area contributed by atoms with Crippen molar-refractivity contribution < 1.29 is 0 Å². The van der Waals surface area contributed by atoms with E-state index in [2.05, 4.69) is 39.6 Å². The van der Waals surface area contributed by atoms with Crippen LogP contribution >= 0.6 is 0 Å². The molecule has 0 saturated heterocycles. The highest BCUT2D eigenvalue weighted by atomic mass is 15.1. The number of rotatable bonds is 7. The molecule has 2 heteroatoms. The van der Waals surface area contributed by atoms with Crippen molar-refractivity contribution in [2.45, 2.75) is 59.0 Å². The summed E-state index contributed by atoms with van der Waals surface area (Å²) in [5.41, 5.74) is 6.13. The number of nitrogens with two attached hydrogens (primary N) is 1. The van der Waals surface area contributed by atoms with E-state index in [1.165, 1.54) is 19.3 Å². The van der Waals surface area contributed by atoms with Gasteiger partial charge in [-0.05, 0) is 25.8 Å². The van der Waals surface area contributed by atoms with Gasteiger partial charge in [-0.3, -0.25) is 0 Å². The maximum atomic E-state index is 6.13. The monoisotopic (exact) mass is 200 g/mol. The summed E-state index contributed by atoms with van der Waals surface area (Å²) >= 11 is 0. The predicted octanol–water partition coefficient (Wildman–Crippen LogP) is 2.48. The molecule has 0 aliphatic heterocycles. The van der Waals surface area contributed by atoms with Crippen molar-refractivity contribution >= 4 is 0 Å². The van der Waals surface area contributed by atoms with Crippen LogP contribution in [0.25, 0.3) is 0 Å². The molecule has 0 heterocycles. The summed E-state index contributed by atoms with van der Waals surface area (Å²) in [4.78, 5) is 2.41. The molecule has 0 radical (unpaired) electrons. The zero-order valence-electron chi connectivity index (χ0n) is 10.6. The van der Waals surface area contributed by atoms with Crippen LogP contribution in [0.3, 0.4) is 0 Å². The van der Waals surface area contributed by atoms with Crippen LogP contribution < -0.4 is 5.73 Å². The van der Waals surface area contributed by atoms with Crippen molar-refractivity contribution in [1.82, 2.24) is 4.90 Å². The lowest BCUT2D eigenvalue weighted by atomic mass is 9.99. The van der Waals surface area contributed by atoms with Crippen molar-refractivity contribution in [3.8, 4) is 0 Å². The molecule has 0 aliphatic carbocycles. The number of hydrogen-bond donors (Lipinski definition) is 1. The van der Waals surface area contributed by atoms with Crippen LogP contribution in [-0.2, 0) is 0 Å². The maximum Gasteiger partial charge on any atom is 0.0193 e. The van der Waals surface area contributed by atoms with E-state index in [0.717, 1.165) is 6.54 Å². The molecule has 14 heavy (non-hydrogen) atoms. The van der Waals surface area contributed by atoms with E-state index in [4.69, 9.17) is 5.73 Å². The lowest BCUT2D eigenvalue weighted by Crippen LogP contribution is -2.43. The summed E-state index contributed by atoms with van der Waals surface area (Å²) in [6.45, 7) is 9.98. The van der Waals surface area contributed by atoms with Crippen molar-refractivity contribution in [3.05, 3.63) is 0 Å². The molecular formula is C12H28N2. The normalized spacial score (nSPS) is 16.3. The fourth-order valence-corrected chi connectivity index (χ4v) is 1.88. The standard InChI is InChI=1S/C12H28N2/c1-6-10(4)12(13)9-14(5)11(7-2)8-3/h10-12H,6-9,13H2,1-5H3. The Hall–Kier alpha value is -0.0800. The van der Waals surface area contributed by atoms with Crippen molar-refractivity contribution in [2.24, 2.45) is 11.7 Å². The maximum absolute atomic E-state index is 6.13. The Labute approximate surface area is 89.9 Å². The summed E-state index contributed by atoms with van der Waals surface area (Å²) in [6.07, 6.45) is 3.62. The quantitative estimate of drug-likeness (QED) is 0.684. The average molecular weight is 200 g/mol. The molecule has 86 valence electrons. The third-order valence-electron chi connectivity index (χ3n) is 3.44. The molecule has 0 aromatic heterocycles. The lowest BCUT2D eigenvalue weighted by Gasteiger charge is -2.30. The zero-order chi connectivity index (χ0) is 11.1. The van der Waals surface area contributed by atoms with Crippen LogP contribution in [0.5, 0.6) is 0 Å². The van der Waals surface area contributed by atoms with Gasteiger partial charge in [-0.15, -0.1) is 0 Å². The second-order valence-corrected chi connectivity index (χ2v) is 4.46. The molecule has 0 rings (SSSR count). The van der Waals surface area contributed by atoms with E-state index in [1.54, 1.807) is 0 Å². The summed E-state index contributed by atoms with van der Waals surface area (Å²) in [5.74, 6) is 0.631. The Morgan fingerprint density at radius 1 is 1.07 bits per heavy atom. The molecule has 0 aromatic rings. The van der Waals surface area contributed by atoms with E-state index in [1.807, 2.05) is 0 Å². The first kappa shape index (κ1) is 13.9. The summed E-state index contributed by atoms with van der Waals surface area (Å²) in [5, 5.41) is 0. The lowest BCUT2D eigenvalue weighted by molar-refractivity contribution is 0.199. The highest BCUT2D eigenvalue weighted by Gasteiger charge is 2.16. The van der Waals surface area contributed by atoms with Gasteiger partial charge in [0, 0.05) is 18.6 Å². The number of likely N-dealkylation sites (N-methyl/N-ethyl adjacent to an activating group) is 1. The fraction of sp³-hybridized carbons (Fsp3) is 1.00. The van der Waals surface area contributed by atoms with Crippen molar-refractivity contribution in [3.63, 3.8) is 0 Å². The molecule has 0 spiro atoms. The minimum absolute atomic E-state index is 0.325. The number of nitrogens with zero attached hydrogens (tertiary/aromatic N) is 1. The highest BCUT2D eigenvalue weighted by molar-refractivity contribution is 4.75. The Balaban J connectivity index is 3.96. The minimum Gasteiger partial charge on any atom is -0.326 e. The first-order valence-corrected chi connectivity index (χ1v) is 6.02. The van der Waals surface area contributed by atoms with Crippen LogP contribution in [0.1, 0.15) is 47.0 Å². The molecular weight excluding hydrogens is 172 g/mol. The van der Waals surface area contributed by atoms with Crippen LogP contribution in [0.4, 0.5) is 0 Å². The summed E-state index contributed by atoms with van der Waals surface area (Å²) in [7, 11) is 2.19. The van der Waals surface area contributed by atoms with Gasteiger partial charge in [0.25, 0.3) is 0 Å². The van der Waals surface area contributed by atoms with E-state index in [9.17, 15) is 0 Å². The molecule has 0 fully saturated rings. The Kier molecular flexibility index (Phi) is 7.20. The molecule has 2 atom stereocenters. The van der Waals surface area contributed by atoms with E-state index < -0.39 is 0 Å². The third-order valence-corrected chi connectivity index (χ3v) is 3.44. The summed E-state index contributed by atoms with van der Waals surface area (Å²) in [6, 6.07) is 1.02.